The number of hydrogen-bond donors (Lipinski definition) is 2. The van der Waals surface area contributed by atoms with Crippen LogP contribution in [0.5, 0.6) is 0 Å². The van der Waals surface area contributed by atoms with Gasteiger partial charge in [-0.15, -0.1) is 0 Å². The highest BCUT2D eigenvalue weighted by Gasteiger charge is 2.19. The van der Waals surface area contributed by atoms with Crippen LogP contribution in [0.15, 0.2) is 36.5 Å². The van der Waals surface area contributed by atoms with Crippen LogP contribution in [0.25, 0.3) is 0 Å². The zero-order chi connectivity index (χ0) is 14.5. The number of aromatic amines is 1. The molecule has 5 nitrogen and oxygen atoms in total. The predicted octanol–water partition coefficient (Wildman–Crippen LogP) is 2.18. The maximum Gasteiger partial charge on any atom is 0.241 e. The molecule has 0 aliphatic rings. The summed E-state index contributed by atoms with van der Waals surface area (Å²) in [5.74, 6) is -0.0127. The van der Waals surface area contributed by atoms with Gasteiger partial charge in [0.15, 0.2) is 0 Å². The fourth-order valence-corrected chi connectivity index (χ4v) is 1.93. The Morgan fingerprint density at radius 2 is 2.15 bits per heavy atom. The molecule has 0 saturated heterocycles. The molecule has 20 heavy (non-hydrogen) atoms. The van der Waals surface area contributed by atoms with Crippen molar-refractivity contribution >= 4 is 11.6 Å². The molecule has 0 unspecified atom stereocenters. The minimum Gasteiger partial charge on any atom is -0.324 e. The average Bonchev–Trinajstić information content (AvgIpc) is 2.93. The van der Waals surface area contributed by atoms with Crippen molar-refractivity contribution in [2.45, 2.75) is 26.4 Å². The number of para-hydroxylation sites is 1. The van der Waals surface area contributed by atoms with Crippen LogP contribution in [0.2, 0.25) is 0 Å². The van der Waals surface area contributed by atoms with E-state index in [9.17, 15) is 4.79 Å². The number of carbonyl (C=O) groups is 1. The molecule has 0 spiro atoms. The molecule has 1 atom stereocenters. The molecule has 1 aromatic carbocycles. The Hall–Kier alpha value is -2.14. The van der Waals surface area contributed by atoms with E-state index in [1.165, 1.54) is 0 Å². The lowest BCUT2D eigenvalue weighted by Gasteiger charge is -2.23. The van der Waals surface area contributed by atoms with Crippen molar-refractivity contribution in [3.63, 3.8) is 0 Å². The van der Waals surface area contributed by atoms with Gasteiger partial charge >= 0.3 is 0 Å². The number of anilines is 1. The van der Waals surface area contributed by atoms with Crippen LogP contribution in [0, 0.1) is 6.92 Å². The minimum absolute atomic E-state index is 0.0127. The summed E-state index contributed by atoms with van der Waals surface area (Å²) in [5.41, 5.74) is 2.91. The Kier molecular flexibility index (Phi) is 4.53. The van der Waals surface area contributed by atoms with Crippen LogP contribution in [0.3, 0.4) is 0 Å². The Bertz CT molecular complexity index is 565. The van der Waals surface area contributed by atoms with Crippen molar-refractivity contribution in [2.24, 2.45) is 0 Å². The number of nitrogens with one attached hydrogen (secondary N) is 2. The van der Waals surface area contributed by atoms with E-state index in [0.717, 1.165) is 16.9 Å². The number of amides is 1. The van der Waals surface area contributed by atoms with Crippen LogP contribution in [-0.2, 0) is 11.3 Å². The summed E-state index contributed by atoms with van der Waals surface area (Å²) >= 11 is 0. The van der Waals surface area contributed by atoms with Gasteiger partial charge in [0, 0.05) is 24.1 Å². The number of aryl methyl sites for hydroxylation is 1. The lowest BCUT2D eigenvalue weighted by atomic mass is 10.2. The van der Waals surface area contributed by atoms with Gasteiger partial charge in [0.25, 0.3) is 0 Å². The van der Waals surface area contributed by atoms with E-state index in [0.29, 0.717) is 6.54 Å². The third-order valence-corrected chi connectivity index (χ3v) is 3.42. The zero-order valence-corrected chi connectivity index (χ0v) is 12.1. The van der Waals surface area contributed by atoms with Crippen molar-refractivity contribution in [3.8, 4) is 0 Å². The molecule has 0 aliphatic carbocycles. The third-order valence-electron chi connectivity index (χ3n) is 3.42. The van der Waals surface area contributed by atoms with Crippen LogP contribution in [0.1, 0.15) is 18.2 Å². The SMILES string of the molecule is Cc1ccccc1NC(=O)[C@@H](C)N(C)Cc1ccn[nH]1. The number of nitrogens with zero attached hydrogens (tertiary/aromatic N) is 2. The van der Waals surface area contributed by atoms with Gasteiger partial charge in [-0.2, -0.15) is 5.10 Å². The molecule has 5 heteroatoms. The van der Waals surface area contributed by atoms with Crippen molar-refractivity contribution in [1.29, 1.82) is 0 Å². The highest BCUT2D eigenvalue weighted by molar-refractivity contribution is 5.95. The molecule has 0 fully saturated rings. The molecule has 0 radical (unpaired) electrons. The summed E-state index contributed by atoms with van der Waals surface area (Å²) in [6.07, 6.45) is 1.71. The molecular weight excluding hydrogens is 252 g/mol. The van der Waals surface area contributed by atoms with Crippen molar-refractivity contribution in [1.82, 2.24) is 15.1 Å². The second-order valence-corrected chi connectivity index (χ2v) is 4.98. The Balaban J connectivity index is 1.96. The second kappa shape index (κ2) is 6.34. The van der Waals surface area contributed by atoms with Gasteiger partial charge in [0.1, 0.15) is 0 Å². The topological polar surface area (TPSA) is 61.0 Å². The average molecular weight is 272 g/mol. The van der Waals surface area contributed by atoms with Crippen LogP contribution >= 0.6 is 0 Å². The molecular formula is C15H20N4O. The van der Waals surface area contributed by atoms with E-state index in [1.807, 2.05) is 56.1 Å². The molecule has 1 amide bonds. The summed E-state index contributed by atoms with van der Waals surface area (Å²) in [5, 5.41) is 9.77. The lowest BCUT2D eigenvalue weighted by molar-refractivity contribution is -0.120. The molecule has 2 aromatic rings. The third kappa shape index (κ3) is 3.45. The number of likely N-dealkylation sites (N-methyl/N-ethyl adjacent to an activating group) is 1. The standard InChI is InChI=1S/C15H20N4O/c1-11-6-4-5-7-14(11)17-15(20)12(2)19(3)10-13-8-9-16-18-13/h4-9,12H,10H2,1-3H3,(H,16,18)(H,17,20)/t12-/m1/s1. The number of aromatic nitrogens is 2. The number of hydrogen-bond acceptors (Lipinski definition) is 3. The molecule has 1 heterocycles. The van der Waals surface area contributed by atoms with Gasteiger partial charge in [-0.05, 0) is 38.6 Å². The Morgan fingerprint density at radius 1 is 1.40 bits per heavy atom. The van der Waals surface area contributed by atoms with E-state index >= 15 is 0 Å². The molecule has 106 valence electrons. The summed E-state index contributed by atoms with van der Waals surface area (Å²) in [4.78, 5) is 14.2. The summed E-state index contributed by atoms with van der Waals surface area (Å²) in [6.45, 7) is 4.53. The minimum atomic E-state index is -0.224. The highest BCUT2D eigenvalue weighted by Crippen LogP contribution is 2.14. The van der Waals surface area contributed by atoms with E-state index in [1.54, 1.807) is 6.20 Å². The van der Waals surface area contributed by atoms with Gasteiger partial charge in [-0.3, -0.25) is 14.8 Å². The molecule has 1 aromatic heterocycles. The first kappa shape index (κ1) is 14.3. The quantitative estimate of drug-likeness (QED) is 0.877. The molecule has 2 rings (SSSR count). The highest BCUT2D eigenvalue weighted by atomic mass is 16.2. The predicted molar refractivity (Wildman–Crippen MR) is 79.3 cm³/mol. The van der Waals surface area contributed by atoms with Gasteiger partial charge in [-0.25, -0.2) is 0 Å². The summed E-state index contributed by atoms with van der Waals surface area (Å²) in [7, 11) is 1.92. The monoisotopic (exact) mass is 272 g/mol. The first-order valence-corrected chi connectivity index (χ1v) is 6.63. The zero-order valence-electron chi connectivity index (χ0n) is 12.1. The number of H-pyrrole nitrogens is 1. The number of carbonyl (C=O) groups excluding carboxylic acids is 1. The van der Waals surface area contributed by atoms with E-state index < -0.39 is 0 Å². The van der Waals surface area contributed by atoms with Crippen molar-refractivity contribution < 1.29 is 4.79 Å². The first-order chi connectivity index (χ1) is 9.58. The number of rotatable bonds is 5. The maximum absolute atomic E-state index is 12.3. The normalized spacial score (nSPS) is 12.4. The van der Waals surface area contributed by atoms with Crippen LogP contribution < -0.4 is 5.32 Å². The van der Waals surface area contributed by atoms with Gasteiger partial charge in [-0.1, -0.05) is 18.2 Å². The smallest absolute Gasteiger partial charge is 0.241 e. The fourth-order valence-electron chi connectivity index (χ4n) is 1.93. The summed E-state index contributed by atoms with van der Waals surface area (Å²) < 4.78 is 0. The fraction of sp³-hybridized carbons (Fsp3) is 0.333. The largest absolute Gasteiger partial charge is 0.324 e. The Labute approximate surface area is 119 Å². The van der Waals surface area contributed by atoms with Gasteiger partial charge in [0.2, 0.25) is 5.91 Å². The maximum atomic E-state index is 12.3. The first-order valence-electron chi connectivity index (χ1n) is 6.63. The molecule has 2 N–H and O–H groups in total. The van der Waals surface area contributed by atoms with E-state index in [4.69, 9.17) is 0 Å². The summed E-state index contributed by atoms with van der Waals surface area (Å²) in [6, 6.07) is 9.45. The van der Waals surface area contributed by atoms with Crippen molar-refractivity contribution in [3.05, 3.63) is 47.8 Å². The Morgan fingerprint density at radius 3 is 2.80 bits per heavy atom. The van der Waals surface area contributed by atoms with Crippen LogP contribution in [0.4, 0.5) is 5.69 Å². The second-order valence-electron chi connectivity index (χ2n) is 4.98. The molecule has 0 aliphatic heterocycles. The molecule has 0 saturated carbocycles. The van der Waals surface area contributed by atoms with Gasteiger partial charge < -0.3 is 5.32 Å². The number of benzene rings is 1. The van der Waals surface area contributed by atoms with Crippen molar-refractivity contribution in [2.75, 3.05) is 12.4 Å². The van der Waals surface area contributed by atoms with E-state index in [-0.39, 0.29) is 11.9 Å². The van der Waals surface area contributed by atoms with Crippen LogP contribution in [-0.4, -0.2) is 34.1 Å². The van der Waals surface area contributed by atoms with E-state index in [2.05, 4.69) is 15.5 Å². The van der Waals surface area contributed by atoms with Gasteiger partial charge in [0.05, 0.1) is 6.04 Å². The molecule has 0 bridgehead atoms. The lowest BCUT2D eigenvalue weighted by Crippen LogP contribution is -2.39.